The van der Waals surface area contributed by atoms with Gasteiger partial charge in [0.05, 0.1) is 72.4 Å². The zero-order chi connectivity index (χ0) is 65.9. The monoisotopic (exact) mass is 1350 g/mol. The summed E-state index contributed by atoms with van der Waals surface area (Å²) in [7, 11) is -2.07. The van der Waals surface area contributed by atoms with Crippen LogP contribution in [-0.2, 0) is 50.6 Å². The maximum Gasteiger partial charge on any atom is 0.317 e. The lowest BCUT2D eigenvalue weighted by Crippen LogP contribution is -2.47. The lowest BCUT2D eigenvalue weighted by molar-refractivity contribution is -0.193. The number of carboxylic acid groups (broad SMARTS) is 1. The number of carbonyl (C=O) groups excluding carboxylic acids is 4. The number of para-hydroxylation sites is 3. The Morgan fingerprint density at radius 1 is 0.977 bits per heavy atom. The number of hydrogen-bond acceptors (Lipinski definition) is 16. The van der Waals surface area contributed by atoms with Crippen molar-refractivity contribution in [3.63, 3.8) is 0 Å². The van der Waals surface area contributed by atoms with Crippen LogP contribution in [-0.4, -0.2) is 148 Å². The minimum Gasteiger partial charge on any atom is -0.778 e. The molecule has 21 nitrogen and oxygen atoms in total. The van der Waals surface area contributed by atoms with E-state index in [1.54, 1.807) is 23.8 Å². The highest BCUT2D eigenvalue weighted by atomic mass is 35.5. The number of alkyl halides is 3. The molecule has 29 heteroatoms. The Morgan fingerprint density at radius 2 is 1.57 bits per heavy atom. The number of benzene rings is 3. The number of terminal acetylenes is 1. The lowest BCUT2D eigenvalue weighted by atomic mass is 9.93. The first kappa shape index (κ1) is 77.6. The van der Waals surface area contributed by atoms with Crippen LogP contribution in [0.15, 0.2) is 65.7 Å². The molecule has 4 atom stereocenters. The summed E-state index contributed by atoms with van der Waals surface area (Å²) < 4.78 is 40.5. The van der Waals surface area contributed by atoms with E-state index in [0.717, 1.165) is 59.3 Å². The second-order valence-corrected chi connectivity index (χ2v) is 26.1. The van der Waals surface area contributed by atoms with Crippen molar-refractivity contribution in [1.82, 2.24) is 20.3 Å². The van der Waals surface area contributed by atoms with Gasteiger partial charge in [-0.25, -0.2) is 9.29 Å². The quantitative estimate of drug-likeness (QED) is 0.0204. The van der Waals surface area contributed by atoms with E-state index in [1.807, 2.05) is 83.3 Å². The molecule has 0 radical (unpaired) electrons. The predicted octanol–water partition coefficient (Wildman–Crippen LogP) is 9.83. The largest absolute Gasteiger partial charge is 0.778 e. The molecule has 0 fully saturated rings. The number of aromatic nitrogens is 3. The first-order valence-corrected chi connectivity index (χ1v) is 33.6. The molecule has 3 aromatic carbocycles. The van der Waals surface area contributed by atoms with Crippen molar-refractivity contribution in [2.45, 2.75) is 117 Å². The number of anilines is 5. The fraction of sp³-hybridized carbons (Fsp3) is 0.483. The van der Waals surface area contributed by atoms with E-state index in [4.69, 9.17) is 88.6 Å². The summed E-state index contributed by atoms with van der Waals surface area (Å²) >= 11 is 28.7. The van der Waals surface area contributed by atoms with Crippen molar-refractivity contribution >= 4 is 135 Å². The maximum absolute atomic E-state index is 14.4. The van der Waals surface area contributed by atoms with Crippen LogP contribution in [0.4, 0.5) is 33.3 Å². The number of amides is 4. The van der Waals surface area contributed by atoms with Gasteiger partial charge < -0.3 is 54.1 Å². The number of fused-ring (bicyclic) bond motifs is 1. The number of nitrogens with one attached hydrogen (secondary N) is 3. The van der Waals surface area contributed by atoms with E-state index in [2.05, 4.69) is 63.3 Å². The number of imide groups is 1. The molecular weight excluding hydrogens is 1270 g/mol. The fourth-order valence-electron chi connectivity index (χ4n) is 8.24. The molecule has 4 unspecified atom stereocenters. The highest BCUT2D eigenvalue weighted by molar-refractivity contribution is 7.94. The average molecular weight is 1350 g/mol. The third-order valence-corrected chi connectivity index (χ3v) is 13.5. The molecule has 0 spiro atoms. The van der Waals surface area contributed by atoms with Gasteiger partial charge in [0, 0.05) is 36.9 Å². The normalized spacial score (nSPS) is 15.3. The number of carbonyl (C=O) groups is 5. The number of carboxylic acids is 1. The predicted molar refractivity (Wildman–Crippen MR) is 346 cm³/mol. The van der Waals surface area contributed by atoms with Gasteiger partial charge in [-0.2, -0.15) is 15.0 Å². The van der Waals surface area contributed by atoms with Crippen molar-refractivity contribution in [3.05, 3.63) is 93.0 Å². The van der Waals surface area contributed by atoms with Crippen LogP contribution in [0.1, 0.15) is 85.3 Å². The Hall–Kier alpha value is -5.48. The number of nitrogens with zero attached hydrogens (tertiary/aromatic N) is 6. The highest BCUT2D eigenvalue weighted by Gasteiger charge is 2.41. The average Bonchev–Trinajstić information content (AvgIpc) is 1.72. The SMILES string of the molecule is C#CC(C)Oc1cc(N2C(=O)C3=C(CCCC3)C2=O)c(F)cc1Cl.CC1COc2ccccc2N1C(=O)C(Cl)Cl.CCNc1nc(Cl)nc(NC(C)C)n1.CCc1cccc(C)c1N(C(=O)CCl)C(C)COC.C[S+](C)C.O=C(O)CNCP(=O)([O-])O. The molecule has 4 amide bonds. The number of aliphatic carboxylic acids is 1. The summed E-state index contributed by atoms with van der Waals surface area (Å²) in [4.78, 5) is 92.1. The van der Waals surface area contributed by atoms with Gasteiger partial charge in [-0.1, -0.05) is 78.0 Å². The van der Waals surface area contributed by atoms with Crippen molar-refractivity contribution in [2.24, 2.45) is 0 Å². The van der Waals surface area contributed by atoms with Crippen LogP contribution in [0.5, 0.6) is 11.5 Å². The first-order chi connectivity index (χ1) is 40.9. The van der Waals surface area contributed by atoms with Gasteiger partial charge in [-0.3, -0.25) is 29.3 Å². The van der Waals surface area contributed by atoms with Crippen molar-refractivity contribution in [2.75, 3.05) is 89.7 Å². The number of aryl methyl sites for hydroxylation is 2. The topological polar surface area (TPSA) is 278 Å². The second-order valence-electron chi connectivity index (χ2n) is 20.0. The standard InChI is InChI=1S/C18H15ClFNO3.C15H22ClNO2.C11H11Cl2NO2.C8H14ClN5.C3H8NO5P.C3H9S/c1-3-10(2)24-16-9-15(14(20)8-13(16)19)21-17(22)11-6-4-5-7-12(11)18(21)23;1-5-13-8-6-7-11(2)15(13)17(14(18)9-16)12(3)10-19-4;1-7-6-16-9-5-3-2-4-8(9)14(7)11(15)10(12)13;1-4-10-7-12-6(9)13-8(14-7)11-5(2)3;5-3(6)1-4-2-10(7,8)9;1-4(2)3/h1,8-10H,4-7H2,2H3;6-8,12H,5,9-10H2,1-4H3;2-5,7,10H,6H2,1H3;5H,4H2,1-3H3,(H2,10,11,12,13,14);4H,1-2H2,(H,5,6)(H2,7,8,9);1-3H3/q;;;;;+1/p-1. The number of methoxy groups -OCH3 is 1. The summed E-state index contributed by atoms with van der Waals surface area (Å²) in [6.07, 6.45) is 14.2. The molecule has 4 aromatic rings. The summed E-state index contributed by atoms with van der Waals surface area (Å²) in [5.74, 6) is 0.887. The second kappa shape index (κ2) is 38.8. The maximum atomic E-state index is 14.4. The van der Waals surface area contributed by atoms with Gasteiger partial charge in [0.15, 0.2) is 10.9 Å². The minimum absolute atomic E-state index is 0.0223. The fourth-order valence-corrected chi connectivity index (χ4v) is 9.33. The Balaban J connectivity index is 0.000000374. The summed E-state index contributed by atoms with van der Waals surface area (Å²) in [6.45, 7) is 16.8. The van der Waals surface area contributed by atoms with Crippen LogP contribution >= 0.6 is 65.6 Å². The number of hydrogen-bond donors (Lipinski definition) is 5. The first-order valence-electron chi connectivity index (χ1n) is 27.3. The van der Waals surface area contributed by atoms with Gasteiger partial charge in [0.25, 0.3) is 17.7 Å². The van der Waals surface area contributed by atoms with E-state index >= 15 is 0 Å². The van der Waals surface area contributed by atoms with Gasteiger partial charge in [0.2, 0.25) is 23.1 Å². The van der Waals surface area contributed by atoms with E-state index in [1.165, 1.54) is 6.07 Å². The zero-order valence-corrected chi connectivity index (χ0v) is 56.2. The molecule has 87 heavy (non-hydrogen) atoms. The molecule has 480 valence electrons. The molecule has 1 aliphatic carbocycles. The van der Waals surface area contributed by atoms with Crippen molar-refractivity contribution < 1.29 is 62.0 Å². The number of rotatable bonds is 18. The third kappa shape index (κ3) is 25.9. The Labute approximate surface area is 537 Å². The molecule has 5 N–H and O–H groups in total. The van der Waals surface area contributed by atoms with Crippen molar-refractivity contribution in [3.8, 4) is 23.8 Å². The van der Waals surface area contributed by atoms with E-state index in [9.17, 15) is 37.8 Å². The third-order valence-electron chi connectivity index (χ3n) is 11.8. The molecule has 7 rings (SSSR count). The van der Waals surface area contributed by atoms with Gasteiger partial charge in [0.1, 0.15) is 37.4 Å². The number of ether oxygens (including phenoxy) is 3. The van der Waals surface area contributed by atoms with Crippen LogP contribution in [0.25, 0.3) is 0 Å². The summed E-state index contributed by atoms with van der Waals surface area (Å²) in [5, 5.41) is 16.2. The lowest BCUT2D eigenvalue weighted by Gasteiger charge is -2.35. The highest BCUT2D eigenvalue weighted by Crippen LogP contribution is 2.40. The van der Waals surface area contributed by atoms with Gasteiger partial charge in [-0.05, 0) is 132 Å². The van der Waals surface area contributed by atoms with Crippen LogP contribution in [0, 0.1) is 25.1 Å². The van der Waals surface area contributed by atoms with Crippen LogP contribution in [0.3, 0.4) is 0 Å². The van der Waals surface area contributed by atoms with Crippen LogP contribution < -0.4 is 45.0 Å². The van der Waals surface area contributed by atoms with Crippen molar-refractivity contribution in [1.29, 1.82) is 0 Å². The molecule has 0 saturated carbocycles. The molecule has 2 aliphatic heterocycles. The Kier molecular flexibility index (Phi) is 34.6. The summed E-state index contributed by atoms with van der Waals surface area (Å²) in [5.41, 5.74) is 4.74. The van der Waals surface area contributed by atoms with E-state index in [0.29, 0.717) is 65.7 Å². The minimum atomic E-state index is -4.35. The molecular formula is C58H78Cl5FN9O12PS. The van der Waals surface area contributed by atoms with Gasteiger partial charge >= 0.3 is 5.97 Å². The molecule has 3 heterocycles. The van der Waals surface area contributed by atoms with E-state index in [-0.39, 0.29) is 57.6 Å². The Morgan fingerprint density at radius 3 is 2.09 bits per heavy atom. The number of halogens is 6. The van der Waals surface area contributed by atoms with Gasteiger partial charge in [-0.15, -0.1) is 18.0 Å². The van der Waals surface area contributed by atoms with E-state index < -0.39 is 55.0 Å². The molecule has 0 bridgehead atoms. The summed E-state index contributed by atoms with van der Waals surface area (Å²) in [6, 6.07) is 15.9. The Bertz CT molecular complexity index is 3040. The van der Waals surface area contributed by atoms with Crippen LogP contribution in [0.2, 0.25) is 10.3 Å². The molecule has 1 aromatic heterocycles. The molecule has 0 saturated heterocycles. The zero-order valence-electron chi connectivity index (χ0n) is 50.7. The molecule has 3 aliphatic rings. The smallest absolute Gasteiger partial charge is 0.317 e.